The van der Waals surface area contributed by atoms with Crippen molar-refractivity contribution in [2.75, 3.05) is 0 Å². The molecule has 17 heavy (non-hydrogen) atoms. The number of hydrogen-bond acceptors (Lipinski definition) is 2. The second kappa shape index (κ2) is 4.21. The van der Waals surface area contributed by atoms with Crippen molar-refractivity contribution in [2.45, 2.75) is 25.2 Å². The van der Waals surface area contributed by atoms with Crippen molar-refractivity contribution in [1.82, 2.24) is 4.98 Å². The minimum atomic E-state index is 0.240. The van der Waals surface area contributed by atoms with Gasteiger partial charge in [0.15, 0.2) is 0 Å². The third-order valence-electron chi connectivity index (χ3n) is 3.55. The van der Waals surface area contributed by atoms with E-state index >= 15 is 0 Å². The van der Waals surface area contributed by atoms with Gasteiger partial charge in [-0.25, -0.2) is 0 Å². The van der Waals surface area contributed by atoms with E-state index < -0.39 is 0 Å². The van der Waals surface area contributed by atoms with Gasteiger partial charge in [-0.1, -0.05) is 30.7 Å². The predicted octanol–water partition coefficient (Wildman–Crippen LogP) is 3.72. The van der Waals surface area contributed by atoms with Crippen molar-refractivity contribution in [2.24, 2.45) is 0 Å². The van der Waals surface area contributed by atoms with Crippen LogP contribution in [0.4, 0.5) is 0 Å². The Balaban J connectivity index is 1.91. The summed E-state index contributed by atoms with van der Waals surface area (Å²) < 4.78 is 0. The topological polar surface area (TPSA) is 33.1 Å². The lowest BCUT2D eigenvalue weighted by atomic mass is 9.80. The fraction of sp³-hybridized carbons (Fsp3) is 0.267. The van der Waals surface area contributed by atoms with E-state index in [1.54, 1.807) is 18.3 Å². The first-order chi connectivity index (χ1) is 8.34. The van der Waals surface area contributed by atoms with Crippen LogP contribution in [0.25, 0.3) is 11.3 Å². The molecule has 1 aromatic carbocycles. The van der Waals surface area contributed by atoms with E-state index in [1.165, 1.54) is 24.8 Å². The molecule has 1 aliphatic rings. The molecule has 2 nitrogen and oxygen atoms in total. The lowest BCUT2D eigenvalue weighted by Gasteiger charge is -2.25. The van der Waals surface area contributed by atoms with Crippen molar-refractivity contribution in [3.05, 3.63) is 48.2 Å². The maximum absolute atomic E-state index is 9.74. The van der Waals surface area contributed by atoms with E-state index in [-0.39, 0.29) is 5.75 Å². The Hall–Kier alpha value is -1.83. The summed E-state index contributed by atoms with van der Waals surface area (Å²) in [7, 11) is 0. The van der Waals surface area contributed by atoms with E-state index in [0.717, 1.165) is 11.5 Å². The minimum absolute atomic E-state index is 0.240. The molecule has 1 heterocycles. The third kappa shape index (κ3) is 1.91. The van der Waals surface area contributed by atoms with Gasteiger partial charge in [0.1, 0.15) is 11.4 Å². The Kier molecular flexibility index (Phi) is 2.56. The van der Waals surface area contributed by atoms with E-state index in [0.29, 0.717) is 5.69 Å². The molecule has 0 bridgehead atoms. The highest BCUT2D eigenvalue weighted by Crippen LogP contribution is 2.37. The fourth-order valence-electron chi connectivity index (χ4n) is 2.27. The van der Waals surface area contributed by atoms with Crippen LogP contribution in [-0.4, -0.2) is 10.1 Å². The first-order valence-corrected chi connectivity index (χ1v) is 6.09. The van der Waals surface area contributed by atoms with Crippen LogP contribution in [0, 0.1) is 0 Å². The van der Waals surface area contributed by atoms with Gasteiger partial charge in [0, 0.05) is 11.8 Å². The molecule has 0 atom stereocenters. The van der Waals surface area contributed by atoms with Gasteiger partial charge in [0.25, 0.3) is 0 Å². The summed E-state index contributed by atoms with van der Waals surface area (Å²) in [6.07, 6.45) is 5.69. The number of benzene rings is 1. The molecule has 1 saturated carbocycles. The number of aromatic hydroxyl groups is 1. The monoisotopic (exact) mass is 225 g/mol. The van der Waals surface area contributed by atoms with Gasteiger partial charge >= 0.3 is 0 Å². The van der Waals surface area contributed by atoms with Crippen molar-refractivity contribution in [3.8, 4) is 17.0 Å². The van der Waals surface area contributed by atoms with Gasteiger partial charge in [-0.15, -0.1) is 0 Å². The van der Waals surface area contributed by atoms with Gasteiger partial charge in [0.05, 0.1) is 0 Å². The summed E-state index contributed by atoms with van der Waals surface area (Å²) in [6.45, 7) is 0. The van der Waals surface area contributed by atoms with Crippen molar-refractivity contribution in [3.63, 3.8) is 0 Å². The average molecular weight is 225 g/mol. The van der Waals surface area contributed by atoms with Crippen LogP contribution in [0.3, 0.4) is 0 Å². The van der Waals surface area contributed by atoms with Gasteiger partial charge in [-0.3, -0.25) is 4.98 Å². The maximum Gasteiger partial charge on any atom is 0.141 e. The van der Waals surface area contributed by atoms with E-state index in [4.69, 9.17) is 0 Å². The number of pyridine rings is 1. The SMILES string of the molecule is Oc1cccnc1-c1ccc(C2CCC2)cc1. The van der Waals surface area contributed by atoms with Crippen molar-refractivity contribution >= 4 is 0 Å². The molecular formula is C15H15NO. The standard InChI is InChI=1S/C15H15NO/c17-14-5-2-10-16-15(14)13-8-6-12(7-9-13)11-3-1-4-11/h2,5-11,17H,1,3-4H2. The molecule has 3 rings (SSSR count). The minimum Gasteiger partial charge on any atom is -0.506 e. The molecule has 0 unspecified atom stereocenters. The molecule has 2 heteroatoms. The molecule has 2 aromatic rings. The van der Waals surface area contributed by atoms with Crippen LogP contribution in [0.1, 0.15) is 30.7 Å². The first kappa shape index (κ1) is 10.3. The van der Waals surface area contributed by atoms with Crippen LogP contribution < -0.4 is 0 Å². The van der Waals surface area contributed by atoms with Crippen LogP contribution in [0.15, 0.2) is 42.6 Å². The molecular weight excluding hydrogens is 210 g/mol. The zero-order valence-corrected chi connectivity index (χ0v) is 9.63. The van der Waals surface area contributed by atoms with Gasteiger partial charge in [-0.2, -0.15) is 0 Å². The molecule has 0 amide bonds. The maximum atomic E-state index is 9.74. The second-order valence-corrected chi connectivity index (χ2v) is 4.62. The normalized spacial score (nSPS) is 15.5. The van der Waals surface area contributed by atoms with E-state index in [1.807, 2.05) is 0 Å². The molecule has 0 spiro atoms. The summed E-state index contributed by atoms with van der Waals surface area (Å²) in [5.74, 6) is 0.991. The summed E-state index contributed by atoms with van der Waals surface area (Å²) in [5, 5.41) is 9.74. The third-order valence-corrected chi connectivity index (χ3v) is 3.55. The molecule has 1 aromatic heterocycles. The molecule has 0 saturated heterocycles. The van der Waals surface area contributed by atoms with Crippen molar-refractivity contribution < 1.29 is 5.11 Å². The predicted molar refractivity (Wildman–Crippen MR) is 67.9 cm³/mol. The Labute approximate surface area is 101 Å². The number of rotatable bonds is 2. The second-order valence-electron chi connectivity index (χ2n) is 4.62. The highest BCUT2D eigenvalue weighted by molar-refractivity contribution is 5.65. The molecule has 1 fully saturated rings. The smallest absolute Gasteiger partial charge is 0.141 e. The molecule has 0 aliphatic heterocycles. The highest BCUT2D eigenvalue weighted by atomic mass is 16.3. The largest absolute Gasteiger partial charge is 0.506 e. The van der Waals surface area contributed by atoms with Crippen LogP contribution >= 0.6 is 0 Å². The zero-order chi connectivity index (χ0) is 11.7. The summed E-state index contributed by atoms with van der Waals surface area (Å²) in [5.41, 5.74) is 3.05. The molecule has 86 valence electrons. The number of aromatic nitrogens is 1. The Morgan fingerprint density at radius 3 is 2.41 bits per heavy atom. The summed E-state index contributed by atoms with van der Waals surface area (Å²) >= 11 is 0. The van der Waals surface area contributed by atoms with Crippen LogP contribution in [0.2, 0.25) is 0 Å². The highest BCUT2D eigenvalue weighted by Gasteiger charge is 2.19. The zero-order valence-electron chi connectivity index (χ0n) is 9.63. The summed E-state index contributed by atoms with van der Waals surface area (Å²) in [6, 6.07) is 11.8. The summed E-state index contributed by atoms with van der Waals surface area (Å²) in [4.78, 5) is 4.21. The van der Waals surface area contributed by atoms with Gasteiger partial charge in [-0.05, 0) is 36.5 Å². The quantitative estimate of drug-likeness (QED) is 0.844. The Bertz CT molecular complexity index is 515. The lowest BCUT2D eigenvalue weighted by molar-refractivity contribution is 0.420. The van der Waals surface area contributed by atoms with Gasteiger partial charge < -0.3 is 5.11 Å². The fourth-order valence-corrected chi connectivity index (χ4v) is 2.27. The molecule has 1 aliphatic carbocycles. The molecule has 0 radical (unpaired) electrons. The van der Waals surface area contributed by atoms with E-state index in [2.05, 4.69) is 29.2 Å². The Morgan fingerprint density at radius 1 is 1.06 bits per heavy atom. The van der Waals surface area contributed by atoms with Crippen molar-refractivity contribution in [1.29, 1.82) is 0 Å². The molecule has 1 N–H and O–H groups in total. The Morgan fingerprint density at radius 2 is 1.82 bits per heavy atom. The first-order valence-electron chi connectivity index (χ1n) is 6.09. The van der Waals surface area contributed by atoms with Crippen LogP contribution in [-0.2, 0) is 0 Å². The van der Waals surface area contributed by atoms with Crippen LogP contribution in [0.5, 0.6) is 5.75 Å². The average Bonchev–Trinajstić information content (AvgIpc) is 2.29. The van der Waals surface area contributed by atoms with Gasteiger partial charge in [0.2, 0.25) is 0 Å². The lowest BCUT2D eigenvalue weighted by Crippen LogP contribution is -2.08. The number of hydrogen-bond donors (Lipinski definition) is 1. The number of nitrogens with zero attached hydrogens (tertiary/aromatic N) is 1. The van der Waals surface area contributed by atoms with E-state index in [9.17, 15) is 5.11 Å².